The first-order valence-corrected chi connectivity index (χ1v) is 18.7. The largest absolute Gasteiger partial charge is 0.475 e. The van der Waals surface area contributed by atoms with Crippen molar-refractivity contribution in [1.29, 1.82) is 0 Å². The van der Waals surface area contributed by atoms with E-state index in [2.05, 4.69) is 40.8 Å². The number of carbonyl (C=O) groups excluding carboxylic acids is 2. The van der Waals surface area contributed by atoms with Crippen LogP contribution in [0.2, 0.25) is 0 Å². The van der Waals surface area contributed by atoms with E-state index in [1.165, 1.54) is 12.1 Å². The van der Waals surface area contributed by atoms with Crippen LogP contribution in [0.25, 0.3) is 11.3 Å². The summed E-state index contributed by atoms with van der Waals surface area (Å²) >= 11 is 0. The normalized spacial score (nSPS) is 26.1. The molecule has 7 rings (SSSR count). The van der Waals surface area contributed by atoms with Gasteiger partial charge < -0.3 is 19.7 Å². The molecule has 49 heavy (non-hydrogen) atoms. The lowest BCUT2D eigenvalue weighted by Crippen LogP contribution is -2.64. The summed E-state index contributed by atoms with van der Waals surface area (Å²) in [6.07, 6.45) is 5.52. The molecule has 11 nitrogen and oxygen atoms in total. The number of rotatable bonds is 5. The van der Waals surface area contributed by atoms with Gasteiger partial charge in [-0.05, 0) is 98.9 Å². The van der Waals surface area contributed by atoms with Gasteiger partial charge in [0.25, 0.3) is 15.9 Å². The summed E-state index contributed by atoms with van der Waals surface area (Å²) in [5, 5.41) is 3.01. The molecule has 4 aliphatic rings. The average Bonchev–Trinajstić information content (AvgIpc) is 3.80. The van der Waals surface area contributed by atoms with Gasteiger partial charge in [-0.2, -0.15) is 4.98 Å². The Morgan fingerprint density at radius 1 is 1.04 bits per heavy atom. The van der Waals surface area contributed by atoms with Gasteiger partial charge >= 0.3 is 6.09 Å². The van der Waals surface area contributed by atoms with Gasteiger partial charge in [-0.25, -0.2) is 22.9 Å². The minimum Gasteiger partial charge on any atom is -0.475 e. The molecule has 2 aromatic carbocycles. The third kappa shape index (κ3) is 7.11. The number of anilines is 1. The first kappa shape index (κ1) is 33.3. The highest BCUT2D eigenvalue weighted by atomic mass is 32.2. The average molecular weight is 688 g/mol. The Morgan fingerprint density at radius 3 is 2.41 bits per heavy atom. The van der Waals surface area contributed by atoms with Gasteiger partial charge in [-0.1, -0.05) is 45.0 Å². The maximum Gasteiger partial charge on any atom is 0.407 e. The molecule has 1 spiro atoms. The fraction of sp³-hybridized carbons (Fsp3) is 0.514. The quantitative estimate of drug-likeness (QED) is 0.314. The molecule has 2 amide bonds. The predicted molar refractivity (Wildman–Crippen MR) is 185 cm³/mol. The minimum absolute atomic E-state index is 0.0494. The number of nitrogens with one attached hydrogen (secondary N) is 2. The van der Waals surface area contributed by atoms with Crippen molar-refractivity contribution in [2.75, 3.05) is 11.3 Å². The third-order valence-corrected chi connectivity index (χ3v) is 11.5. The Kier molecular flexibility index (Phi) is 8.36. The Labute approximate surface area is 288 Å². The van der Waals surface area contributed by atoms with E-state index >= 15 is 0 Å². The molecule has 260 valence electrons. The second kappa shape index (κ2) is 12.3. The lowest BCUT2D eigenvalue weighted by molar-refractivity contribution is -0.0791. The van der Waals surface area contributed by atoms with Gasteiger partial charge in [-0.3, -0.25) is 4.79 Å². The molecule has 1 aliphatic heterocycles. The molecule has 3 fully saturated rings. The lowest BCUT2D eigenvalue weighted by Gasteiger charge is -2.60. The summed E-state index contributed by atoms with van der Waals surface area (Å²) in [6.45, 7) is 10.6. The number of aromatic nitrogens is 2. The lowest BCUT2D eigenvalue weighted by atomic mass is 9.51. The molecule has 3 aromatic rings. The number of benzene rings is 2. The van der Waals surface area contributed by atoms with Crippen molar-refractivity contribution in [1.82, 2.24) is 20.2 Å². The van der Waals surface area contributed by atoms with Crippen LogP contribution >= 0.6 is 0 Å². The van der Waals surface area contributed by atoms with E-state index in [9.17, 15) is 18.0 Å². The molecule has 0 saturated heterocycles. The molecule has 12 heteroatoms. The van der Waals surface area contributed by atoms with Crippen LogP contribution in [-0.4, -0.2) is 66.1 Å². The second-order valence-corrected chi connectivity index (χ2v) is 17.4. The third-order valence-electron chi connectivity index (χ3n) is 10.2. The van der Waals surface area contributed by atoms with Crippen molar-refractivity contribution >= 4 is 28.0 Å². The molecule has 1 aromatic heterocycles. The van der Waals surface area contributed by atoms with Gasteiger partial charge in [0.1, 0.15) is 12.7 Å². The number of nitrogens with zero attached hydrogens (tertiary/aromatic N) is 3. The van der Waals surface area contributed by atoms with Gasteiger partial charge in [-0.15, -0.1) is 0 Å². The smallest absolute Gasteiger partial charge is 0.407 e. The Morgan fingerprint density at radius 2 is 1.73 bits per heavy atom. The van der Waals surface area contributed by atoms with Crippen LogP contribution < -0.4 is 14.8 Å². The Balaban J connectivity index is 1.22. The maximum atomic E-state index is 14.5. The van der Waals surface area contributed by atoms with Crippen molar-refractivity contribution < 1.29 is 27.5 Å². The van der Waals surface area contributed by atoms with E-state index in [1.54, 1.807) is 18.2 Å². The predicted octanol–water partition coefficient (Wildman–Crippen LogP) is 6.40. The van der Waals surface area contributed by atoms with E-state index in [0.717, 1.165) is 55.2 Å². The highest BCUT2D eigenvalue weighted by molar-refractivity contribution is 7.92. The first-order valence-electron chi connectivity index (χ1n) is 17.2. The van der Waals surface area contributed by atoms with Crippen LogP contribution in [0.4, 0.5) is 10.7 Å². The molecular formula is C37H45N5O6S. The summed E-state index contributed by atoms with van der Waals surface area (Å²) < 4.78 is 41.8. The van der Waals surface area contributed by atoms with Crippen molar-refractivity contribution in [2.45, 2.75) is 109 Å². The molecule has 4 bridgehead atoms. The first-order chi connectivity index (χ1) is 23.2. The van der Waals surface area contributed by atoms with E-state index in [1.807, 2.05) is 36.9 Å². The second-order valence-electron chi connectivity index (χ2n) is 15.7. The van der Waals surface area contributed by atoms with Crippen LogP contribution in [0.15, 0.2) is 53.4 Å². The summed E-state index contributed by atoms with van der Waals surface area (Å²) in [5.74, 6) is -0.117. The molecule has 1 atom stereocenters. The summed E-state index contributed by atoms with van der Waals surface area (Å²) in [4.78, 5) is 37.8. The number of alkyl carbamates (subject to hydrolysis) is 1. The number of sulfonamides is 1. The maximum absolute atomic E-state index is 14.5. The fourth-order valence-electron chi connectivity index (χ4n) is 7.87. The van der Waals surface area contributed by atoms with Crippen LogP contribution in [0.5, 0.6) is 5.88 Å². The van der Waals surface area contributed by atoms with Gasteiger partial charge in [0.15, 0.2) is 0 Å². The van der Waals surface area contributed by atoms with E-state index in [4.69, 9.17) is 9.47 Å². The summed E-state index contributed by atoms with van der Waals surface area (Å²) in [5.41, 5.74) is 3.57. The number of amides is 2. The molecule has 3 saturated carbocycles. The number of fused-ring (bicyclic) bond motifs is 4. The SMILES string of the molecule is Cc1cccc(C)c1-c1cc2nc(n1)NS(=O)(=O)c1cccc(c1)C(=O)N(C1CC3(CC(NC(=O)OC4CC4)C3)C1)[C@H](CC(C)(C)C)CO2. The van der Waals surface area contributed by atoms with Gasteiger partial charge in [0, 0.05) is 29.3 Å². The molecule has 2 N–H and O–H groups in total. The van der Waals surface area contributed by atoms with E-state index < -0.39 is 10.0 Å². The zero-order chi connectivity index (χ0) is 34.7. The topological polar surface area (TPSA) is 140 Å². The van der Waals surface area contributed by atoms with Crippen LogP contribution in [0.1, 0.15) is 87.2 Å². The van der Waals surface area contributed by atoms with Crippen molar-refractivity contribution in [3.63, 3.8) is 0 Å². The standard InChI is InChI=1S/C37H45N5O6S/c1-22-8-6-9-23(2)32(22)30-15-31-40-34(39-30)41-49(45,46)29-11-7-10-24(14-29)33(43)42(27(21-47-31)18-36(3,4)5)26-19-37(20-26)16-25(17-37)38-35(44)48-28-12-13-28/h6-11,14-15,25-28H,12-13,16-21H2,1-5H3,(H,38,44)(H,39,40,41)/t25?,26?,27-,37?/m1/s1. The van der Waals surface area contributed by atoms with Crippen molar-refractivity contribution in [2.24, 2.45) is 10.8 Å². The highest BCUT2D eigenvalue weighted by Gasteiger charge is 2.56. The number of aryl methyl sites for hydroxylation is 2. The van der Waals surface area contributed by atoms with Crippen LogP contribution in [-0.2, 0) is 14.8 Å². The van der Waals surface area contributed by atoms with Crippen molar-refractivity contribution in [3.8, 4) is 17.1 Å². The van der Waals surface area contributed by atoms with Crippen LogP contribution in [0.3, 0.4) is 0 Å². The zero-order valence-electron chi connectivity index (χ0n) is 28.8. The Bertz CT molecular complexity index is 1870. The monoisotopic (exact) mass is 687 g/mol. The van der Waals surface area contributed by atoms with Gasteiger partial charge in [0.2, 0.25) is 11.8 Å². The highest BCUT2D eigenvalue weighted by Crippen LogP contribution is 2.58. The van der Waals surface area contributed by atoms with Crippen molar-refractivity contribution in [3.05, 3.63) is 65.2 Å². The zero-order valence-corrected chi connectivity index (χ0v) is 29.6. The number of carbonyl (C=O) groups is 2. The molecule has 0 radical (unpaired) electrons. The number of hydrogen-bond acceptors (Lipinski definition) is 8. The van der Waals surface area contributed by atoms with Gasteiger partial charge in [0.05, 0.1) is 16.6 Å². The van der Waals surface area contributed by atoms with E-state index in [-0.39, 0.29) is 70.4 Å². The molecular weight excluding hydrogens is 643 g/mol. The fourth-order valence-corrected chi connectivity index (χ4v) is 8.86. The molecule has 3 aliphatic carbocycles. The van der Waals surface area contributed by atoms with Crippen LogP contribution in [0, 0.1) is 24.7 Å². The summed E-state index contributed by atoms with van der Waals surface area (Å²) in [6, 6.07) is 13.5. The Hall–Kier alpha value is -4.19. The molecule has 2 heterocycles. The number of ether oxygens (including phenoxy) is 2. The minimum atomic E-state index is -4.15. The van der Waals surface area contributed by atoms with E-state index in [0.29, 0.717) is 17.7 Å². The molecule has 0 unspecified atom stereocenters. The number of hydrogen-bond donors (Lipinski definition) is 2. The summed E-state index contributed by atoms with van der Waals surface area (Å²) in [7, 11) is -4.15.